The maximum Gasteiger partial charge on any atom is 0.332 e. The van der Waals surface area contributed by atoms with Crippen molar-refractivity contribution in [2.75, 3.05) is 6.61 Å². The Morgan fingerprint density at radius 3 is 2.72 bits per heavy atom. The van der Waals surface area contributed by atoms with E-state index in [1.54, 1.807) is 11.6 Å². The van der Waals surface area contributed by atoms with E-state index in [0.717, 1.165) is 14.6 Å². The Kier molecular flexibility index (Phi) is 4.51. The summed E-state index contributed by atoms with van der Waals surface area (Å²) in [4.78, 5) is 29.1. The zero-order valence-corrected chi connectivity index (χ0v) is 15.3. The van der Waals surface area contributed by atoms with E-state index in [4.69, 9.17) is 11.2 Å². The van der Waals surface area contributed by atoms with Gasteiger partial charge < -0.3 is 4.74 Å². The molecule has 3 aromatic rings. The fraction of sp³-hybridized carbons (Fsp3) is 0.235. The number of nitrogens with zero attached hydrogens (tertiary/aromatic N) is 4. The third-order valence-corrected chi connectivity index (χ3v) is 4.32. The van der Waals surface area contributed by atoms with Gasteiger partial charge in [-0.3, -0.25) is 18.5 Å². The van der Waals surface area contributed by atoms with E-state index in [2.05, 4.69) is 26.8 Å². The molecular formula is C17H15BrN4O3. The van der Waals surface area contributed by atoms with Gasteiger partial charge in [0.15, 0.2) is 17.8 Å². The molecule has 0 aliphatic carbocycles. The number of imidazole rings is 1. The molecule has 0 saturated heterocycles. The summed E-state index contributed by atoms with van der Waals surface area (Å²) in [5, 5.41) is 0. The van der Waals surface area contributed by atoms with Crippen molar-refractivity contribution in [3.8, 4) is 18.4 Å². The van der Waals surface area contributed by atoms with E-state index in [0.29, 0.717) is 6.54 Å². The van der Waals surface area contributed by atoms with E-state index in [-0.39, 0.29) is 23.8 Å². The number of hydrogen-bond donors (Lipinski definition) is 0. The van der Waals surface area contributed by atoms with Crippen LogP contribution in [0.3, 0.4) is 0 Å². The Bertz CT molecular complexity index is 1120. The molecule has 0 spiro atoms. The lowest BCUT2D eigenvalue weighted by Crippen LogP contribution is -2.37. The zero-order valence-electron chi connectivity index (χ0n) is 13.7. The number of hydrogen-bond acceptors (Lipinski definition) is 4. The van der Waals surface area contributed by atoms with Gasteiger partial charge in [-0.2, -0.15) is 4.98 Å². The quantitative estimate of drug-likeness (QED) is 0.615. The van der Waals surface area contributed by atoms with Crippen molar-refractivity contribution >= 4 is 27.1 Å². The van der Waals surface area contributed by atoms with Crippen LogP contribution in [0.4, 0.5) is 0 Å². The second-order valence-electron chi connectivity index (χ2n) is 5.48. The summed E-state index contributed by atoms with van der Waals surface area (Å²) in [6, 6.07) is 7.87. The van der Waals surface area contributed by atoms with Crippen LogP contribution in [0.1, 0.15) is 5.56 Å². The Morgan fingerprint density at radius 1 is 1.28 bits per heavy atom. The minimum atomic E-state index is -0.451. The Labute approximate surface area is 151 Å². The highest BCUT2D eigenvalue weighted by Gasteiger charge is 2.20. The van der Waals surface area contributed by atoms with Gasteiger partial charge in [-0.25, -0.2) is 4.79 Å². The van der Waals surface area contributed by atoms with E-state index in [1.165, 1.54) is 11.6 Å². The summed E-state index contributed by atoms with van der Waals surface area (Å²) in [7, 11) is 2.99. The van der Waals surface area contributed by atoms with Crippen LogP contribution in [0.15, 0.2) is 38.3 Å². The highest BCUT2D eigenvalue weighted by Crippen LogP contribution is 2.21. The molecule has 0 saturated carbocycles. The largest absolute Gasteiger partial charge is 0.451 e. The van der Waals surface area contributed by atoms with Gasteiger partial charge in [-0.1, -0.05) is 34.0 Å². The van der Waals surface area contributed by atoms with Crippen molar-refractivity contribution < 1.29 is 4.74 Å². The van der Waals surface area contributed by atoms with Crippen molar-refractivity contribution in [1.82, 2.24) is 18.7 Å². The molecule has 0 N–H and O–H groups in total. The molecule has 7 nitrogen and oxygen atoms in total. The lowest BCUT2D eigenvalue weighted by Gasteiger charge is -2.09. The van der Waals surface area contributed by atoms with Crippen LogP contribution < -0.4 is 16.0 Å². The molecule has 0 bridgehead atoms. The number of ether oxygens (including phenoxy) is 1. The molecule has 128 valence electrons. The van der Waals surface area contributed by atoms with E-state index in [9.17, 15) is 9.59 Å². The van der Waals surface area contributed by atoms with Gasteiger partial charge in [0.25, 0.3) is 11.6 Å². The molecule has 2 aromatic heterocycles. The number of rotatable bonds is 4. The molecular weight excluding hydrogens is 388 g/mol. The van der Waals surface area contributed by atoms with E-state index < -0.39 is 11.2 Å². The summed E-state index contributed by atoms with van der Waals surface area (Å²) in [5.74, 6) is 2.38. The smallest absolute Gasteiger partial charge is 0.332 e. The first-order valence-corrected chi connectivity index (χ1v) is 8.20. The monoisotopic (exact) mass is 402 g/mol. The number of benzene rings is 1. The van der Waals surface area contributed by atoms with Crippen molar-refractivity contribution in [2.45, 2.75) is 6.54 Å². The molecule has 0 amide bonds. The van der Waals surface area contributed by atoms with E-state index >= 15 is 0 Å². The van der Waals surface area contributed by atoms with Gasteiger partial charge in [0.05, 0.1) is 6.54 Å². The second kappa shape index (κ2) is 6.61. The highest BCUT2D eigenvalue weighted by atomic mass is 79.9. The fourth-order valence-corrected chi connectivity index (χ4v) is 3.05. The minimum absolute atomic E-state index is 0.00999. The minimum Gasteiger partial charge on any atom is -0.451 e. The first-order chi connectivity index (χ1) is 11.9. The molecule has 2 heterocycles. The Hall–Kier alpha value is -2.79. The van der Waals surface area contributed by atoms with Crippen LogP contribution in [0.25, 0.3) is 11.2 Å². The van der Waals surface area contributed by atoms with Crippen LogP contribution in [0, 0.1) is 12.3 Å². The van der Waals surface area contributed by atoms with Gasteiger partial charge in [0, 0.05) is 18.6 Å². The normalized spacial score (nSPS) is 10.8. The molecule has 25 heavy (non-hydrogen) atoms. The fourth-order valence-electron chi connectivity index (χ4n) is 2.61. The van der Waals surface area contributed by atoms with Crippen molar-refractivity contribution in [1.29, 1.82) is 0 Å². The number of aromatic nitrogens is 4. The van der Waals surface area contributed by atoms with Gasteiger partial charge in [-0.15, -0.1) is 6.42 Å². The SMILES string of the molecule is C#CCOc1nc2c(c(=O)n(C)c(=O)n2C)n1Cc1cccc(Br)c1. The summed E-state index contributed by atoms with van der Waals surface area (Å²) in [6.07, 6.45) is 5.26. The Balaban J connectivity index is 2.28. The average Bonchev–Trinajstić information content (AvgIpc) is 2.95. The molecule has 0 radical (unpaired) electrons. The van der Waals surface area contributed by atoms with Crippen molar-refractivity contribution in [3.63, 3.8) is 0 Å². The van der Waals surface area contributed by atoms with Gasteiger partial charge in [-0.05, 0) is 17.7 Å². The Morgan fingerprint density at radius 2 is 2.04 bits per heavy atom. The molecule has 0 fully saturated rings. The van der Waals surface area contributed by atoms with Gasteiger partial charge in [0.2, 0.25) is 0 Å². The predicted octanol–water partition coefficient (Wildman–Crippen LogP) is 1.26. The average molecular weight is 403 g/mol. The molecule has 0 aliphatic heterocycles. The molecule has 0 unspecified atom stereocenters. The van der Waals surface area contributed by atoms with Gasteiger partial charge >= 0.3 is 5.69 Å². The first kappa shape index (κ1) is 17.0. The zero-order chi connectivity index (χ0) is 18.1. The number of terminal acetylenes is 1. The lowest BCUT2D eigenvalue weighted by atomic mass is 10.2. The molecule has 1 aromatic carbocycles. The topological polar surface area (TPSA) is 71.1 Å². The number of halogens is 1. The first-order valence-electron chi connectivity index (χ1n) is 7.41. The van der Waals surface area contributed by atoms with Crippen LogP contribution in [0.2, 0.25) is 0 Å². The summed E-state index contributed by atoms with van der Waals surface area (Å²) in [5.41, 5.74) is 0.603. The molecule has 3 rings (SSSR count). The standard InChI is InChI=1S/C17H15BrN4O3/c1-4-8-25-16-19-14-13(15(23)21(3)17(24)20(14)2)22(16)10-11-6-5-7-12(18)9-11/h1,5-7,9H,8,10H2,2-3H3. The maximum atomic E-state index is 12.7. The maximum absolute atomic E-state index is 12.7. The summed E-state index contributed by atoms with van der Waals surface area (Å²) >= 11 is 3.43. The molecule has 8 heteroatoms. The summed E-state index contributed by atoms with van der Waals surface area (Å²) < 4.78 is 10.4. The predicted molar refractivity (Wildman–Crippen MR) is 97.8 cm³/mol. The van der Waals surface area contributed by atoms with E-state index in [1.807, 2.05) is 24.3 Å². The molecule has 0 aliphatic rings. The van der Waals surface area contributed by atoms with Crippen molar-refractivity contribution in [2.24, 2.45) is 14.1 Å². The van der Waals surface area contributed by atoms with Crippen LogP contribution in [-0.2, 0) is 20.6 Å². The van der Waals surface area contributed by atoms with Gasteiger partial charge in [0.1, 0.15) is 0 Å². The van der Waals surface area contributed by atoms with Crippen molar-refractivity contribution in [3.05, 3.63) is 55.1 Å². The number of fused-ring (bicyclic) bond motifs is 1. The molecule has 0 atom stereocenters. The summed E-state index contributed by atoms with van der Waals surface area (Å²) in [6.45, 7) is 0.360. The van der Waals surface area contributed by atoms with Crippen LogP contribution in [-0.4, -0.2) is 25.3 Å². The number of aryl methyl sites for hydroxylation is 1. The third kappa shape index (κ3) is 2.98. The third-order valence-electron chi connectivity index (χ3n) is 3.83. The van der Waals surface area contributed by atoms with Crippen LogP contribution >= 0.6 is 15.9 Å². The lowest BCUT2D eigenvalue weighted by molar-refractivity contribution is 0.326. The second-order valence-corrected chi connectivity index (χ2v) is 6.40. The highest BCUT2D eigenvalue weighted by molar-refractivity contribution is 9.10. The van der Waals surface area contributed by atoms with Crippen LogP contribution in [0.5, 0.6) is 6.01 Å².